The van der Waals surface area contributed by atoms with Crippen molar-refractivity contribution in [3.8, 4) is 5.75 Å². The standard InChI is InChI=1S/C23H27N3O4S/c1-25(2)14-19-24-22-21(17-10-6-7-11-18(17)31-22)23(28)26(19)15-20(27)30-13-12-29-16-8-4-3-5-9-16/h3-5,8-9H,6-7,10-15H2,1-2H3. The first kappa shape index (κ1) is 21.5. The van der Waals surface area contributed by atoms with Gasteiger partial charge in [-0.05, 0) is 57.5 Å². The summed E-state index contributed by atoms with van der Waals surface area (Å²) in [6.45, 7) is 0.693. The van der Waals surface area contributed by atoms with Gasteiger partial charge in [0.2, 0.25) is 0 Å². The van der Waals surface area contributed by atoms with Crippen LogP contribution in [0.4, 0.5) is 0 Å². The molecule has 7 nitrogen and oxygen atoms in total. The quantitative estimate of drug-likeness (QED) is 0.395. The van der Waals surface area contributed by atoms with Crippen LogP contribution in [0.15, 0.2) is 35.1 Å². The first-order valence-corrected chi connectivity index (χ1v) is 11.4. The van der Waals surface area contributed by atoms with E-state index in [2.05, 4.69) is 0 Å². The third-order valence-corrected chi connectivity index (χ3v) is 6.44. The number of nitrogens with zero attached hydrogens (tertiary/aromatic N) is 3. The summed E-state index contributed by atoms with van der Waals surface area (Å²) in [6.07, 6.45) is 4.14. The molecule has 2 aromatic heterocycles. The maximum Gasteiger partial charge on any atom is 0.326 e. The van der Waals surface area contributed by atoms with E-state index in [-0.39, 0.29) is 25.3 Å². The van der Waals surface area contributed by atoms with Crippen molar-refractivity contribution in [2.75, 3.05) is 27.3 Å². The summed E-state index contributed by atoms with van der Waals surface area (Å²) in [5.74, 6) is 0.836. The van der Waals surface area contributed by atoms with E-state index in [0.717, 1.165) is 41.8 Å². The van der Waals surface area contributed by atoms with Gasteiger partial charge in [-0.25, -0.2) is 4.98 Å². The van der Waals surface area contributed by atoms with E-state index >= 15 is 0 Å². The monoisotopic (exact) mass is 441 g/mol. The number of hydrogen-bond acceptors (Lipinski definition) is 7. The number of aryl methyl sites for hydroxylation is 2. The summed E-state index contributed by atoms with van der Waals surface area (Å²) in [5.41, 5.74) is 0.984. The molecular weight excluding hydrogens is 414 g/mol. The lowest BCUT2D eigenvalue weighted by molar-refractivity contribution is -0.145. The molecule has 0 saturated heterocycles. The Balaban J connectivity index is 1.51. The van der Waals surface area contributed by atoms with Gasteiger partial charge in [-0.15, -0.1) is 11.3 Å². The van der Waals surface area contributed by atoms with Crippen LogP contribution in [0.2, 0.25) is 0 Å². The molecule has 31 heavy (non-hydrogen) atoms. The number of para-hydroxylation sites is 1. The second-order valence-corrected chi connectivity index (χ2v) is 9.01. The predicted octanol–water partition coefficient (Wildman–Crippen LogP) is 3.02. The summed E-state index contributed by atoms with van der Waals surface area (Å²) in [4.78, 5) is 34.7. The van der Waals surface area contributed by atoms with Gasteiger partial charge in [0.15, 0.2) is 0 Å². The van der Waals surface area contributed by atoms with E-state index in [1.54, 1.807) is 11.3 Å². The van der Waals surface area contributed by atoms with E-state index in [4.69, 9.17) is 14.5 Å². The van der Waals surface area contributed by atoms with Crippen LogP contribution in [-0.2, 0) is 35.5 Å². The van der Waals surface area contributed by atoms with Crippen molar-refractivity contribution in [2.24, 2.45) is 0 Å². The van der Waals surface area contributed by atoms with E-state index in [1.807, 2.05) is 49.3 Å². The Hall–Kier alpha value is -2.71. The van der Waals surface area contributed by atoms with E-state index < -0.39 is 5.97 Å². The van der Waals surface area contributed by atoms with Crippen molar-refractivity contribution < 1.29 is 14.3 Å². The number of carbonyl (C=O) groups excluding carboxylic acids is 1. The minimum atomic E-state index is -0.469. The third-order valence-electron chi connectivity index (χ3n) is 5.26. The summed E-state index contributed by atoms with van der Waals surface area (Å²) >= 11 is 1.62. The van der Waals surface area contributed by atoms with Crippen LogP contribution in [0.5, 0.6) is 5.75 Å². The van der Waals surface area contributed by atoms with Gasteiger partial charge in [-0.3, -0.25) is 14.2 Å². The summed E-state index contributed by atoms with van der Waals surface area (Å²) in [7, 11) is 3.83. The molecule has 4 rings (SSSR count). The van der Waals surface area contributed by atoms with Crippen LogP contribution in [-0.4, -0.2) is 47.7 Å². The zero-order valence-corrected chi connectivity index (χ0v) is 18.7. The highest BCUT2D eigenvalue weighted by Crippen LogP contribution is 2.33. The molecule has 0 fully saturated rings. The van der Waals surface area contributed by atoms with Gasteiger partial charge < -0.3 is 14.4 Å². The van der Waals surface area contributed by atoms with Crippen LogP contribution >= 0.6 is 11.3 Å². The fourth-order valence-corrected chi connectivity index (χ4v) is 5.12. The van der Waals surface area contributed by atoms with Gasteiger partial charge in [-0.1, -0.05) is 18.2 Å². The third kappa shape index (κ3) is 4.97. The smallest absolute Gasteiger partial charge is 0.326 e. The molecule has 0 bridgehead atoms. The molecular formula is C23H27N3O4S. The Labute approximate surface area is 185 Å². The van der Waals surface area contributed by atoms with Crippen LogP contribution in [0, 0.1) is 0 Å². The van der Waals surface area contributed by atoms with Crippen molar-refractivity contribution in [1.82, 2.24) is 14.5 Å². The van der Waals surface area contributed by atoms with E-state index in [1.165, 1.54) is 9.44 Å². The van der Waals surface area contributed by atoms with Gasteiger partial charge in [-0.2, -0.15) is 0 Å². The molecule has 3 aromatic rings. The molecule has 0 saturated carbocycles. The first-order valence-electron chi connectivity index (χ1n) is 10.5. The molecule has 1 aliphatic carbocycles. The maximum absolute atomic E-state index is 13.4. The molecule has 0 atom stereocenters. The predicted molar refractivity (Wildman–Crippen MR) is 121 cm³/mol. The molecule has 0 N–H and O–H groups in total. The Bertz CT molecular complexity index is 1120. The Morgan fingerprint density at radius 3 is 2.71 bits per heavy atom. The highest BCUT2D eigenvalue weighted by atomic mass is 32.1. The number of thiophene rings is 1. The summed E-state index contributed by atoms with van der Waals surface area (Å²) in [5, 5.41) is 0.683. The molecule has 2 heterocycles. The molecule has 0 radical (unpaired) electrons. The molecule has 1 aromatic carbocycles. The second-order valence-electron chi connectivity index (χ2n) is 7.93. The van der Waals surface area contributed by atoms with Gasteiger partial charge in [0.05, 0.1) is 11.9 Å². The van der Waals surface area contributed by atoms with Crippen LogP contribution in [0.3, 0.4) is 0 Å². The average Bonchev–Trinajstić information content (AvgIpc) is 3.13. The Morgan fingerprint density at radius 1 is 1.16 bits per heavy atom. The van der Waals surface area contributed by atoms with Gasteiger partial charge in [0.1, 0.15) is 36.2 Å². The van der Waals surface area contributed by atoms with Gasteiger partial charge >= 0.3 is 5.97 Å². The minimum absolute atomic E-state index is 0.120. The molecule has 0 unspecified atom stereocenters. The lowest BCUT2D eigenvalue weighted by Crippen LogP contribution is -2.32. The lowest BCUT2D eigenvalue weighted by atomic mass is 9.97. The topological polar surface area (TPSA) is 73.7 Å². The first-order chi connectivity index (χ1) is 15.0. The van der Waals surface area contributed by atoms with Crippen molar-refractivity contribution in [3.05, 3.63) is 57.0 Å². The zero-order valence-electron chi connectivity index (χ0n) is 17.9. The number of benzene rings is 1. The summed E-state index contributed by atoms with van der Waals surface area (Å²) < 4.78 is 12.4. The lowest BCUT2D eigenvalue weighted by Gasteiger charge is -2.16. The van der Waals surface area contributed by atoms with Gasteiger partial charge in [0, 0.05) is 4.88 Å². The van der Waals surface area contributed by atoms with Crippen LogP contribution in [0.25, 0.3) is 10.2 Å². The molecule has 0 amide bonds. The number of ether oxygens (including phenoxy) is 2. The van der Waals surface area contributed by atoms with Crippen LogP contribution < -0.4 is 10.3 Å². The zero-order chi connectivity index (χ0) is 21.8. The number of esters is 1. The molecule has 0 aliphatic heterocycles. The molecule has 8 heteroatoms. The van der Waals surface area contributed by atoms with Crippen molar-refractivity contribution >= 4 is 27.5 Å². The molecule has 1 aliphatic rings. The average molecular weight is 442 g/mol. The Morgan fingerprint density at radius 2 is 1.94 bits per heavy atom. The fourth-order valence-electron chi connectivity index (χ4n) is 3.85. The number of fused-ring (bicyclic) bond motifs is 3. The highest BCUT2D eigenvalue weighted by molar-refractivity contribution is 7.18. The normalized spacial score (nSPS) is 13.4. The number of carbonyl (C=O) groups is 1. The Kier molecular flexibility index (Phi) is 6.67. The molecule has 164 valence electrons. The van der Waals surface area contributed by atoms with Crippen molar-refractivity contribution in [1.29, 1.82) is 0 Å². The number of hydrogen-bond donors (Lipinski definition) is 0. The van der Waals surface area contributed by atoms with Gasteiger partial charge in [0.25, 0.3) is 5.56 Å². The SMILES string of the molecule is CN(C)Cc1nc2sc3c(c2c(=O)n1CC(=O)OCCOc1ccccc1)CCCC3. The largest absolute Gasteiger partial charge is 0.490 e. The maximum atomic E-state index is 13.4. The second kappa shape index (κ2) is 9.62. The fraction of sp³-hybridized carbons (Fsp3) is 0.435. The van der Waals surface area contributed by atoms with Crippen molar-refractivity contribution in [2.45, 2.75) is 38.8 Å². The van der Waals surface area contributed by atoms with Crippen molar-refractivity contribution in [3.63, 3.8) is 0 Å². The van der Waals surface area contributed by atoms with E-state index in [9.17, 15) is 9.59 Å². The minimum Gasteiger partial charge on any atom is -0.490 e. The van der Waals surface area contributed by atoms with Crippen LogP contribution in [0.1, 0.15) is 29.1 Å². The number of rotatable bonds is 8. The summed E-state index contributed by atoms with van der Waals surface area (Å²) in [6, 6.07) is 9.36. The number of aromatic nitrogens is 2. The highest BCUT2D eigenvalue weighted by Gasteiger charge is 2.23. The van der Waals surface area contributed by atoms with E-state index in [0.29, 0.717) is 17.8 Å². The molecule has 0 spiro atoms.